The zero-order valence-electron chi connectivity index (χ0n) is 10.9. The number of nitrogens with zero attached hydrogens (tertiary/aromatic N) is 2. The predicted molar refractivity (Wildman–Crippen MR) is 75.3 cm³/mol. The van der Waals surface area contributed by atoms with Gasteiger partial charge < -0.3 is 0 Å². The van der Waals surface area contributed by atoms with Gasteiger partial charge in [-0.25, -0.2) is 4.98 Å². The lowest BCUT2D eigenvalue weighted by molar-refractivity contribution is 0.998. The lowest BCUT2D eigenvalue weighted by Crippen LogP contribution is -1.97. The van der Waals surface area contributed by atoms with Gasteiger partial charge in [0.2, 0.25) is 0 Å². The van der Waals surface area contributed by atoms with Crippen molar-refractivity contribution >= 4 is 11.0 Å². The van der Waals surface area contributed by atoms with E-state index >= 15 is 0 Å². The number of aryl methyl sites for hydroxylation is 3. The summed E-state index contributed by atoms with van der Waals surface area (Å²) in [7, 11) is 0. The second-order valence-corrected chi connectivity index (χ2v) is 4.78. The molecule has 2 heteroatoms. The molecule has 1 heterocycles. The molecule has 0 saturated carbocycles. The van der Waals surface area contributed by atoms with E-state index in [0.717, 1.165) is 11.3 Å². The summed E-state index contributed by atoms with van der Waals surface area (Å²) in [6.45, 7) is 6.32. The van der Waals surface area contributed by atoms with Crippen molar-refractivity contribution in [1.29, 1.82) is 0 Å². The summed E-state index contributed by atoms with van der Waals surface area (Å²) < 4.78 is 2.23. The molecular weight excluding hydrogens is 220 g/mol. The average molecular weight is 236 g/mol. The van der Waals surface area contributed by atoms with E-state index in [-0.39, 0.29) is 0 Å². The highest BCUT2D eigenvalue weighted by Gasteiger charge is 2.11. The van der Waals surface area contributed by atoms with Crippen LogP contribution in [0.15, 0.2) is 42.5 Å². The third-order valence-corrected chi connectivity index (χ3v) is 3.27. The van der Waals surface area contributed by atoms with Crippen LogP contribution in [0.4, 0.5) is 0 Å². The molecule has 1 aromatic heterocycles. The molecule has 0 aliphatic carbocycles. The Morgan fingerprint density at radius 1 is 0.944 bits per heavy atom. The number of hydrogen-bond donors (Lipinski definition) is 0. The SMILES string of the molecule is Cc1cc(C)c2c(c1)nc(C)n2-c1ccccc1. The van der Waals surface area contributed by atoms with Gasteiger partial charge in [0.25, 0.3) is 0 Å². The smallest absolute Gasteiger partial charge is 0.111 e. The van der Waals surface area contributed by atoms with Crippen molar-refractivity contribution in [3.63, 3.8) is 0 Å². The summed E-state index contributed by atoms with van der Waals surface area (Å²) in [5.74, 6) is 1.03. The molecule has 2 aromatic carbocycles. The number of fused-ring (bicyclic) bond motifs is 1. The van der Waals surface area contributed by atoms with Crippen molar-refractivity contribution < 1.29 is 0 Å². The molecule has 0 bridgehead atoms. The van der Waals surface area contributed by atoms with Crippen molar-refractivity contribution in [2.75, 3.05) is 0 Å². The standard InChI is InChI=1S/C16H16N2/c1-11-9-12(2)16-15(10-11)17-13(3)18(16)14-7-5-4-6-8-14/h4-10H,1-3H3. The Kier molecular flexibility index (Phi) is 2.44. The molecule has 0 spiro atoms. The van der Waals surface area contributed by atoms with Crippen LogP contribution in [0.2, 0.25) is 0 Å². The third kappa shape index (κ3) is 1.61. The third-order valence-electron chi connectivity index (χ3n) is 3.27. The maximum atomic E-state index is 4.67. The van der Waals surface area contributed by atoms with Gasteiger partial charge in [0, 0.05) is 5.69 Å². The van der Waals surface area contributed by atoms with Gasteiger partial charge in [-0.3, -0.25) is 4.57 Å². The summed E-state index contributed by atoms with van der Waals surface area (Å²) in [6, 6.07) is 14.8. The second kappa shape index (κ2) is 3.98. The zero-order valence-corrected chi connectivity index (χ0v) is 10.9. The highest BCUT2D eigenvalue weighted by Crippen LogP contribution is 2.25. The van der Waals surface area contributed by atoms with Crippen LogP contribution >= 0.6 is 0 Å². The maximum Gasteiger partial charge on any atom is 0.111 e. The first kappa shape index (κ1) is 11.0. The van der Waals surface area contributed by atoms with Crippen LogP contribution in [-0.2, 0) is 0 Å². The van der Waals surface area contributed by atoms with Crippen LogP contribution < -0.4 is 0 Å². The molecule has 3 rings (SSSR count). The fourth-order valence-electron chi connectivity index (χ4n) is 2.59. The molecule has 0 aliphatic heterocycles. The average Bonchev–Trinajstić information content (AvgIpc) is 2.66. The van der Waals surface area contributed by atoms with Crippen LogP contribution in [-0.4, -0.2) is 9.55 Å². The summed E-state index contributed by atoms with van der Waals surface area (Å²) >= 11 is 0. The van der Waals surface area contributed by atoms with E-state index in [1.54, 1.807) is 0 Å². The van der Waals surface area contributed by atoms with E-state index in [2.05, 4.69) is 66.7 Å². The zero-order chi connectivity index (χ0) is 12.7. The molecule has 0 fully saturated rings. The van der Waals surface area contributed by atoms with Gasteiger partial charge >= 0.3 is 0 Å². The number of aromatic nitrogens is 2. The highest BCUT2D eigenvalue weighted by molar-refractivity contribution is 5.82. The largest absolute Gasteiger partial charge is 0.296 e. The molecule has 2 nitrogen and oxygen atoms in total. The number of hydrogen-bond acceptors (Lipinski definition) is 1. The number of benzene rings is 2. The van der Waals surface area contributed by atoms with E-state index in [0.29, 0.717) is 0 Å². The van der Waals surface area contributed by atoms with Crippen LogP contribution in [0, 0.1) is 20.8 Å². The number of para-hydroxylation sites is 1. The fraction of sp³-hybridized carbons (Fsp3) is 0.188. The minimum absolute atomic E-state index is 1.03. The van der Waals surface area contributed by atoms with Crippen LogP contribution in [0.3, 0.4) is 0 Å². The van der Waals surface area contributed by atoms with E-state index in [1.165, 1.54) is 22.3 Å². The van der Waals surface area contributed by atoms with E-state index < -0.39 is 0 Å². The van der Waals surface area contributed by atoms with E-state index in [1.807, 2.05) is 6.07 Å². The molecule has 0 unspecified atom stereocenters. The fourth-order valence-corrected chi connectivity index (χ4v) is 2.59. The first-order valence-corrected chi connectivity index (χ1v) is 6.18. The van der Waals surface area contributed by atoms with Gasteiger partial charge in [0.1, 0.15) is 5.82 Å². The first-order valence-electron chi connectivity index (χ1n) is 6.18. The molecule has 0 aliphatic rings. The summed E-state index contributed by atoms with van der Waals surface area (Å²) in [4.78, 5) is 4.67. The van der Waals surface area contributed by atoms with Crippen LogP contribution in [0.25, 0.3) is 16.7 Å². The topological polar surface area (TPSA) is 17.8 Å². The van der Waals surface area contributed by atoms with Crippen molar-refractivity contribution in [1.82, 2.24) is 9.55 Å². The molecule has 90 valence electrons. The highest BCUT2D eigenvalue weighted by atomic mass is 15.1. The maximum absolute atomic E-state index is 4.67. The normalized spacial score (nSPS) is 11.1. The van der Waals surface area contributed by atoms with E-state index in [4.69, 9.17) is 0 Å². The van der Waals surface area contributed by atoms with Gasteiger partial charge in [0.15, 0.2) is 0 Å². The van der Waals surface area contributed by atoms with Crippen LogP contribution in [0.1, 0.15) is 17.0 Å². The van der Waals surface area contributed by atoms with Gasteiger partial charge in [-0.05, 0) is 50.1 Å². The lowest BCUT2D eigenvalue weighted by atomic mass is 10.1. The quantitative estimate of drug-likeness (QED) is 0.625. The van der Waals surface area contributed by atoms with Crippen molar-refractivity contribution in [3.8, 4) is 5.69 Å². The predicted octanol–water partition coefficient (Wildman–Crippen LogP) is 3.95. The molecule has 0 atom stereocenters. The molecule has 3 aromatic rings. The Morgan fingerprint density at radius 2 is 1.67 bits per heavy atom. The molecule has 0 N–H and O–H groups in total. The molecule has 0 radical (unpaired) electrons. The molecule has 0 amide bonds. The van der Waals surface area contributed by atoms with Crippen molar-refractivity contribution in [2.24, 2.45) is 0 Å². The lowest BCUT2D eigenvalue weighted by Gasteiger charge is -2.08. The minimum Gasteiger partial charge on any atom is -0.296 e. The van der Waals surface area contributed by atoms with Gasteiger partial charge in [0.05, 0.1) is 11.0 Å². The molecular formula is C16H16N2. The number of imidazole rings is 1. The van der Waals surface area contributed by atoms with Crippen molar-refractivity contribution in [2.45, 2.75) is 20.8 Å². The Hall–Kier alpha value is -2.09. The van der Waals surface area contributed by atoms with Crippen LogP contribution in [0.5, 0.6) is 0 Å². The molecule has 0 saturated heterocycles. The van der Waals surface area contributed by atoms with Gasteiger partial charge in [-0.15, -0.1) is 0 Å². The summed E-state index contributed by atoms with van der Waals surface area (Å²) in [5.41, 5.74) is 6.00. The van der Waals surface area contributed by atoms with Crippen molar-refractivity contribution in [3.05, 3.63) is 59.4 Å². The van der Waals surface area contributed by atoms with E-state index in [9.17, 15) is 0 Å². The monoisotopic (exact) mass is 236 g/mol. The Balaban J connectivity index is 2.40. The second-order valence-electron chi connectivity index (χ2n) is 4.78. The molecule has 18 heavy (non-hydrogen) atoms. The Bertz CT molecular complexity index is 709. The summed E-state index contributed by atoms with van der Waals surface area (Å²) in [5, 5.41) is 0. The van der Waals surface area contributed by atoms with Gasteiger partial charge in [-0.1, -0.05) is 24.3 Å². The number of rotatable bonds is 1. The summed E-state index contributed by atoms with van der Waals surface area (Å²) in [6.07, 6.45) is 0. The first-order chi connectivity index (χ1) is 8.66. The van der Waals surface area contributed by atoms with Gasteiger partial charge in [-0.2, -0.15) is 0 Å². The minimum atomic E-state index is 1.03. The Morgan fingerprint density at radius 3 is 2.39 bits per heavy atom. The Labute approximate surface area is 107 Å².